The average molecular weight is 296 g/mol. The normalized spacial score (nSPS) is 10.4. The van der Waals surface area contributed by atoms with Crippen LogP contribution >= 0.6 is 0 Å². The SMILES string of the molecule is COc1cccc(/C=N\N(CC(=O)O)CC(=O)O)c1OC. The molecule has 0 aliphatic rings. The first-order valence-corrected chi connectivity index (χ1v) is 5.91. The molecule has 0 heterocycles. The first-order valence-electron chi connectivity index (χ1n) is 5.91. The zero-order chi connectivity index (χ0) is 15.8. The third-order valence-corrected chi connectivity index (χ3v) is 2.43. The second-order valence-electron chi connectivity index (χ2n) is 3.94. The van der Waals surface area contributed by atoms with Crippen LogP contribution in [0.2, 0.25) is 0 Å². The summed E-state index contributed by atoms with van der Waals surface area (Å²) in [6, 6.07) is 5.09. The van der Waals surface area contributed by atoms with Crippen LogP contribution in [0.5, 0.6) is 11.5 Å². The molecule has 0 aliphatic heterocycles. The molecule has 0 unspecified atom stereocenters. The number of carboxylic acids is 2. The van der Waals surface area contributed by atoms with Crippen molar-refractivity contribution in [1.82, 2.24) is 5.01 Å². The summed E-state index contributed by atoms with van der Waals surface area (Å²) in [5, 5.41) is 22.2. The molecule has 0 saturated heterocycles. The van der Waals surface area contributed by atoms with Crippen LogP contribution in [-0.2, 0) is 9.59 Å². The third kappa shape index (κ3) is 5.01. The number of methoxy groups -OCH3 is 2. The number of aliphatic carboxylic acids is 2. The van der Waals surface area contributed by atoms with Crippen molar-refractivity contribution in [3.05, 3.63) is 23.8 Å². The Kier molecular flexibility index (Phi) is 5.99. The molecule has 1 rings (SSSR count). The minimum atomic E-state index is -1.17. The molecular weight excluding hydrogens is 280 g/mol. The lowest BCUT2D eigenvalue weighted by Crippen LogP contribution is -2.30. The van der Waals surface area contributed by atoms with Crippen LogP contribution < -0.4 is 9.47 Å². The van der Waals surface area contributed by atoms with E-state index in [1.54, 1.807) is 18.2 Å². The van der Waals surface area contributed by atoms with Crippen molar-refractivity contribution in [2.75, 3.05) is 27.3 Å². The van der Waals surface area contributed by atoms with Gasteiger partial charge in [-0.2, -0.15) is 5.10 Å². The summed E-state index contributed by atoms with van der Waals surface area (Å²) in [6.07, 6.45) is 1.33. The van der Waals surface area contributed by atoms with Crippen LogP contribution in [0, 0.1) is 0 Å². The molecule has 114 valence electrons. The van der Waals surface area contributed by atoms with Crippen LogP contribution in [0.25, 0.3) is 0 Å². The number of hydrazone groups is 1. The van der Waals surface area contributed by atoms with Crippen molar-refractivity contribution in [2.24, 2.45) is 5.10 Å². The van der Waals surface area contributed by atoms with Gasteiger partial charge in [0.25, 0.3) is 0 Å². The number of para-hydroxylation sites is 1. The van der Waals surface area contributed by atoms with Crippen LogP contribution in [0.3, 0.4) is 0 Å². The summed E-state index contributed by atoms with van der Waals surface area (Å²) in [6.45, 7) is -1.04. The molecule has 0 radical (unpaired) electrons. The lowest BCUT2D eigenvalue weighted by Gasteiger charge is -2.14. The Bertz CT molecular complexity index is 527. The Balaban J connectivity index is 2.99. The molecule has 0 amide bonds. The molecule has 2 N–H and O–H groups in total. The molecule has 21 heavy (non-hydrogen) atoms. The number of hydrogen-bond donors (Lipinski definition) is 2. The fourth-order valence-electron chi connectivity index (χ4n) is 1.61. The van der Waals surface area contributed by atoms with E-state index in [0.717, 1.165) is 5.01 Å². The van der Waals surface area contributed by atoms with Gasteiger partial charge in [-0.15, -0.1) is 0 Å². The van der Waals surface area contributed by atoms with Crippen LogP contribution in [0.1, 0.15) is 5.56 Å². The zero-order valence-electron chi connectivity index (χ0n) is 11.6. The largest absolute Gasteiger partial charge is 0.493 e. The summed E-state index contributed by atoms with van der Waals surface area (Å²) in [5.74, 6) is -1.43. The fraction of sp³-hybridized carbons (Fsp3) is 0.308. The minimum Gasteiger partial charge on any atom is -0.493 e. The number of hydrogen-bond acceptors (Lipinski definition) is 6. The number of ether oxygens (including phenoxy) is 2. The van der Waals surface area contributed by atoms with E-state index in [4.69, 9.17) is 19.7 Å². The smallest absolute Gasteiger partial charge is 0.324 e. The average Bonchev–Trinajstić information content (AvgIpc) is 2.42. The highest BCUT2D eigenvalue weighted by Crippen LogP contribution is 2.29. The lowest BCUT2D eigenvalue weighted by atomic mass is 10.2. The number of carboxylic acid groups (broad SMARTS) is 2. The van der Waals surface area contributed by atoms with Gasteiger partial charge in [-0.25, -0.2) is 0 Å². The number of nitrogens with zero attached hydrogens (tertiary/aromatic N) is 2. The summed E-state index contributed by atoms with van der Waals surface area (Å²) < 4.78 is 10.3. The van der Waals surface area contributed by atoms with Crippen LogP contribution in [0.15, 0.2) is 23.3 Å². The molecule has 0 spiro atoms. The Labute approximate surface area is 121 Å². The molecule has 0 aromatic heterocycles. The first-order chi connectivity index (χ1) is 9.97. The van der Waals surface area contributed by atoms with Gasteiger partial charge >= 0.3 is 11.9 Å². The minimum absolute atomic E-state index is 0.425. The number of benzene rings is 1. The van der Waals surface area contributed by atoms with Crippen molar-refractivity contribution in [3.63, 3.8) is 0 Å². The van der Waals surface area contributed by atoms with Gasteiger partial charge in [0.15, 0.2) is 11.5 Å². The van der Waals surface area contributed by atoms with E-state index >= 15 is 0 Å². The van der Waals surface area contributed by atoms with Crippen molar-refractivity contribution >= 4 is 18.2 Å². The third-order valence-electron chi connectivity index (χ3n) is 2.43. The van der Waals surface area contributed by atoms with Gasteiger partial charge in [0.1, 0.15) is 13.1 Å². The molecule has 1 aromatic rings. The predicted molar refractivity (Wildman–Crippen MR) is 74.0 cm³/mol. The first kappa shape index (κ1) is 16.3. The van der Waals surface area contributed by atoms with E-state index < -0.39 is 25.0 Å². The maximum atomic E-state index is 10.7. The second-order valence-corrected chi connectivity index (χ2v) is 3.94. The van der Waals surface area contributed by atoms with Gasteiger partial charge in [-0.1, -0.05) is 6.07 Å². The van der Waals surface area contributed by atoms with Crippen LogP contribution in [0.4, 0.5) is 0 Å². The molecule has 0 aliphatic carbocycles. The molecular formula is C13H16N2O6. The highest BCUT2D eigenvalue weighted by molar-refractivity contribution is 5.85. The van der Waals surface area contributed by atoms with Gasteiger partial charge in [-0.3, -0.25) is 14.6 Å². The van der Waals surface area contributed by atoms with E-state index in [1.807, 2.05) is 0 Å². The quantitative estimate of drug-likeness (QED) is 0.531. The molecule has 1 aromatic carbocycles. The van der Waals surface area contributed by atoms with E-state index in [9.17, 15) is 9.59 Å². The van der Waals surface area contributed by atoms with Gasteiger partial charge < -0.3 is 19.7 Å². The zero-order valence-corrected chi connectivity index (χ0v) is 11.6. The Morgan fingerprint density at radius 1 is 1.19 bits per heavy atom. The summed E-state index contributed by atoms with van der Waals surface area (Å²) >= 11 is 0. The number of rotatable bonds is 8. The molecule has 0 saturated carbocycles. The van der Waals surface area contributed by atoms with E-state index in [-0.39, 0.29) is 0 Å². The standard InChI is InChI=1S/C13H16N2O6/c1-20-10-5-3-4-9(13(10)21-2)6-14-15(7-11(16)17)8-12(18)19/h3-6H,7-8H2,1-2H3,(H,16,17)(H,18,19)/b14-6-. The molecule has 8 heteroatoms. The summed E-state index contributed by atoms with van der Waals surface area (Å²) in [7, 11) is 2.95. The Morgan fingerprint density at radius 2 is 1.81 bits per heavy atom. The van der Waals surface area contributed by atoms with Crippen LogP contribution in [-0.4, -0.2) is 60.7 Å². The highest BCUT2D eigenvalue weighted by Gasteiger charge is 2.12. The maximum Gasteiger partial charge on any atom is 0.324 e. The topological polar surface area (TPSA) is 109 Å². The second kappa shape index (κ2) is 7.73. The van der Waals surface area contributed by atoms with Crippen molar-refractivity contribution in [1.29, 1.82) is 0 Å². The van der Waals surface area contributed by atoms with Crippen molar-refractivity contribution < 1.29 is 29.3 Å². The van der Waals surface area contributed by atoms with Gasteiger partial charge in [0.05, 0.1) is 20.4 Å². The Morgan fingerprint density at radius 3 is 2.29 bits per heavy atom. The molecule has 0 fully saturated rings. The molecule has 0 atom stereocenters. The summed E-state index contributed by atoms with van der Waals surface area (Å²) in [5.41, 5.74) is 0.539. The van der Waals surface area contributed by atoms with Crippen molar-refractivity contribution in [3.8, 4) is 11.5 Å². The fourth-order valence-corrected chi connectivity index (χ4v) is 1.61. The van der Waals surface area contributed by atoms with Crippen molar-refractivity contribution in [2.45, 2.75) is 0 Å². The van der Waals surface area contributed by atoms with Gasteiger partial charge in [-0.05, 0) is 12.1 Å². The number of carbonyl (C=O) groups is 2. The molecule has 0 bridgehead atoms. The molecule has 8 nitrogen and oxygen atoms in total. The van der Waals surface area contributed by atoms with E-state index in [2.05, 4.69) is 5.10 Å². The van der Waals surface area contributed by atoms with E-state index in [1.165, 1.54) is 20.4 Å². The summed E-state index contributed by atoms with van der Waals surface area (Å²) in [4.78, 5) is 21.3. The van der Waals surface area contributed by atoms with Gasteiger partial charge in [0, 0.05) is 5.56 Å². The van der Waals surface area contributed by atoms with E-state index in [0.29, 0.717) is 17.1 Å². The highest BCUT2D eigenvalue weighted by atomic mass is 16.5. The lowest BCUT2D eigenvalue weighted by molar-refractivity contribution is -0.141. The maximum absolute atomic E-state index is 10.7. The monoisotopic (exact) mass is 296 g/mol. The van der Waals surface area contributed by atoms with Gasteiger partial charge in [0.2, 0.25) is 0 Å². The predicted octanol–water partition coefficient (Wildman–Crippen LogP) is 0.509. The Hall–Kier alpha value is -2.77.